The summed E-state index contributed by atoms with van der Waals surface area (Å²) in [6.45, 7) is 0.261. The molecule has 0 saturated heterocycles. The zero-order chi connectivity index (χ0) is 24.8. The zero-order valence-electron chi connectivity index (χ0n) is 18.8. The Morgan fingerprint density at radius 3 is 2.31 bits per heavy atom. The van der Waals surface area contributed by atoms with Crippen LogP contribution in [0.1, 0.15) is 26.3 Å². The number of nitrogens with zero attached hydrogens (tertiary/aromatic N) is 1. The number of halogens is 1. The number of ether oxygens (including phenoxy) is 1. The van der Waals surface area contributed by atoms with E-state index in [1.165, 1.54) is 16.7 Å². The number of carbonyl (C=O) groups excluding carboxylic acids is 2. The van der Waals surface area contributed by atoms with Crippen LogP contribution < -0.4 is 20.9 Å². The van der Waals surface area contributed by atoms with E-state index < -0.39 is 5.91 Å². The fraction of sp³-hybridized carbons (Fsp3) is 0.0741. The molecule has 0 fully saturated rings. The minimum absolute atomic E-state index is 0.227. The van der Waals surface area contributed by atoms with Crippen molar-refractivity contribution < 1.29 is 14.3 Å². The van der Waals surface area contributed by atoms with E-state index in [0.29, 0.717) is 27.7 Å². The summed E-state index contributed by atoms with van der Waals surface area (Å²) < 4.78 is 6.58. The predicted molar refractivity (Wildman–Crippen MR) is 137 cm³/mol. The number of para-hydroxylation sites is 1. The van der Waals surface area contributed by atoms with Crippen LogP contribution in [0.15, 0.2) is 95.9 Å². The highest BCUT2D eigenvalue weighted by Gasteiger charge is 2.15. The number of amides is 2. The Hall–Kier alpha value is -4.36. The van der Waals surface area contributed by atoms with E-state index in [1.807, 2.05) is 18.2 Å². The summed E-state index contributed by atoms with van der Waals surface area (Å²) in [4.78, 5) is 38.1. The van der Waals surface area contributed by atoms with E-state index >= 15 is 0 Å². The Balaban J connectivity index is 1.52. The molecule has 1 heterocycles. The van der Waals surface area contributed by atoms with Crippen molar-refractivity contribution in [3.63, 3.8) is 0 Å². The maximum atomic E-state index is 13.1. The number of hydrogen-bond donors (Lipinski definition) is 2. The van der Waals surface area contributed by atoms with Crippen molar-refractivity contribution in [2.75, 3.05) is 17.7 Å². The predicted octanol–water partition coefficient (Wildman–Crippen LogP) is 5.06. The average molecular weight is 488 g/mol. The monoisotopic (exact) mass is 487 g/mol. The lowest BCUT2D eigenvalue weighted by atomic mass is 10.1. The molecular weight excluding hydrogens is 466 g/mol. The van der Waals surface area contributed by atoms with E-state index in [-0.39, 0.29) is 23.6 Å². The van der Waals surface area contributed by atoms with Gasteiger partial charge in [0.15, 0.2) is 0 Å². The Morgan fingerprint density at radius 2 is 1.57 bits per heavy atom. The first-order valence-corrected chi connectivity index (χ1v) is 11.1. The number of rotatable bonds is 7. The van der Waals surface area contributed by atoms with E-state index in [2.05, 4.69) is 10.6 Å². The van der Waals surface area contributed by atoms with Gasteiger partial charge >= 0.3 is 0 Å². The average Bonchev–Trinajstić information content (AvgIpc) is 2.87. The molecule has 2 amide bonds. The van der Waals surface area contributed by atoms with Crippen molar-refractivity contribution in [3.8, 4) is 5.75 Å². The smallest absolute Gasteiger partial charge is 0.257 e. The summed E-state index contributed by atoms with van der Waals surface area (Å²) in [5.74, 6) is -0.156. The van der Waals surface area contributed by atoms with E-state index in [0.717, 1.165) is 5.56 Å². The van der Waals surface area contributed by atoms with E-state index in [4.69, 9.17) is 16.3 Å². The quantitative estimate of drug-likeness (QED) is 0.381. The summed E-state index contributed by atoms with van der Waals surface area (Å²) >= 11 is 6.22. The molecule has 0 spiro atoms. The third-order valence-electron chi connectivity index (χ3n) is 5.31. The molecule has 2 N–H and O–H groups in total. The van der Waals surface area contributed by atoms with Crippen molar-refractivity contribution in [1.82, 2.24) is 4.57 Å². The molecule has 0 bridgehead atoms. The highest BCUT2D eigenvalue weighted by molar-refractivity contribution is 6.31. The Kier molecular flexibility index (Phi) is 7.28. The van der Waals surface area contributed by atoms with Crippen molar-refractivity contribution in [2.24, 2.45) is 0 Å². The highest BCUT2D eigenvalue weighted by Crippen LogP contribution is 2.20. The van der Waals surface area contributed by atoms with E-state index in [1.54, 1.807) is 67.9 Å². The first kappa shape index (κ1) is 23.8. The van der Waals surface area contributed by atoms with E-state index in [9.17, 15) is 14.4 Å². The molecule has 3 aromatic carbocycles. The van der Waals surface area contributed by atoms with Crippen LogP contribution in [0.4, 0.5) is 11.4 Å². The number of carbonyl (C=O) groups is 2. The second kappa shape index (κ2) is 10.7. The zero-order valence-corrected chi connectivity index (χ0v) is 19.6. The van der Waals surface area contributed by atoms with Crippen molar-refractivity contribution in [1.29, 1.82) is 0 Å². The van der Waals surface area contributed by atoms with Gasteiger partial charge in [0.05, 0.1) is 30.6 Å². The number of methoxy groups -OCH3 is 1. The molecule has 0 saturated carbocycles. The molecule has 0 aliphatic carbocycles. The summed E-state index contributed by atoms with van der Waals surface area (Å²) in [6, 6.07) is 23.5. The molecule has 8 heteroatoms. The van der Waals surface area contributed by atoms with Crippen LogP contribution in [-0.2, 0) is 6.54 Å². The molecule has 7 nitrogen and oxygen atoms in total. The summed E-state index contributed by atoms with van der Waals surface area (Å²) in [7, 11) is 1.55. The van der Waals surface area contributed by atoms with Crippen LogP contribution in [-0.4, -0.2) is 23.5 Å². The molecule has 4 rings (SSSR count). The van der Waals surface area contributed by atoms with Gasteiger partial charge in [-0.3, -0.25) is 14.4 Å². The largest absolute Gasteiger partial charge is 0.497 e. The molecule has 0 radical (unpaired) electrons. The molecule has 1 aromatic heterocycles. The molecule has 176 valence electrons. The summed E-state index contributed by atoms with van der Waals surface area (Å²) in [5.41, 5.74) is 2.04. The first-order valence-electron chi connectivity index (χ1n) is 10.7. The van der Waals surface area contributed by atoms with Crippen LogP contribution in [0, 0.1) is 0 Å². The van der Waals surface area contributed by atoms with Crippen LogP contribution in [0.5, 0.6) is 5.75 Å². The molecule has 0 aliphatic heterocycles. The lowest BCUT2D eigenvalue weighted by Gasteiger charge is -2.13. The molecule has 0 aliphatic rings. The maximum absolute atomic E-state index is 13.1. The summed E-state index contributed by atoms with van der Waals surface area (Å²) in [6.07, 6.45) is 1.56. The number of pyridine rings is 1. The topological polar surface area (TPSA) is 89.4 Å². The van der Waals surface area contributed by atoms with Gasteiger partial charge in [-0.25, -0.2) is 0 Å². The number of aromatic nitrogens is 1. The minimum Gasteiger partial charge on any atom is -0.497 e. The van der Waals surface area contributed by atoms with Crippen molar-refractivity contribution in [2.45, 2.75) is 6.54 Å². The van der Waals surface area contributed by atoms with Gasteiger partial charge in [-0.2, -0.15) is 0 Å². The van der Waals surface area contributed by atoms with Gasteiger partial charge in [-0.1, -0.05) is 41.9 Å². The molecule has 35 heavy (non-hydrogen) atoms. The number of anilines is 2. The third kappa shape index (κ3) is 5.77. The Labute approximate surface area is 206 Å². The SMILES string of the molecule is COc1ccc(C(=O)Nc2ccccc2C(=O)Nc2ccc(=O)n(Cc3ccccc3Cl)c2)cc1. The number of nitrogens with one attached hydrogen (secondary N) is 2. The maximum Gasteiger partial charge on any atom is 0.257 e. The molecule has 4 aromatic rings. The number of hydrogen-bond acceptors (Lipinski definition) is 4. The lowest BCUT2D eigenvalue weighted by Crippen LogP contribution is -2.22. The fourth-order valence-corrected chi connectivity index (χ4v) is 3.66. The standard InChI is InChI=1S/C27H22ClN3O4/c1-35-21-13-10-18(11-14-21)26(33)30-24-9-5-3-7-22(24)27(34)29-20-12-15-25(32)31(17-20)16-19-6-2-4-8-23(19)28/h2-15,17H,16H2,1H3,(H,29,34)(H,30,33). The second-order valence-corrected chi connectivity index (χ2v) is 8.06. The Bertz CT molecular complexity index is 1430. The second-order valence-electron chi connectivity index (χ2n) is 7.66. The summed E-state index contributed by atoms with van der Waals surface area (Å²) in [5, 5.41) is 6.13. The minimum atomic E-state index is -0.432. The molecular formula is C27H22ClN3O4. The van der Waals surface area contributed by atoms with Gasteiger partial charge in [0.2, 0.25) is 0 Å². The van der Waals surface area contributed by atoms with Gasteiger partial charge in [0.1, 0.15) is 5.75 Å². The van der Waals surface area contributed by atoms with Crippen LogP contribution >= 0.6 is 11.6 Å². The van der Waals surface area contributed by atoms with Gasteiger partial charge < -0.3 is 19.9 Å². The van der Waals surface area contributed by atoms with Crippen molar-refractivity contribution >= 4 is 34.8 Å². The third-order valence-corrected chi connectivity index (χ3v) is 5.68. The normalized spacial score (nSPS) is 10.5. The van der Waals surface area contributed by atoms with Crippen molar-refractivity contribution in [3.05, 3.63) is 123 Å². The van der Waals surface area contributed by atoms with Gasteiger partial charge in [0.25, 0.3) is 17.4 Å². The van der Waals surface area contributed by atoms with Gasteiger partial charge in [0, 0.05) is 22.8 Å². The van der Waals surface area contributed by atoms with Crippen LogP contribution in [0.3, 0.4) is 0 Å². The van der Waals surface area contributed by atoms with Gasteiger partial charge in [-0.05, 0) is 54.1 Å². The number of benzene rings is 3. The fourth-order valence-electron chi connectivity index (χ4n) is 3.46. The van der Waals surface area contributed by atoms with Crippen LogP contribution in [0.25, 0.3) is 0 Å². The Morgan fingerprint density at radius 1 is 0.857 bits per heavy atom. The molecule has 0 unspecified atom stereocenters. The highest BCUT2D eigenvalue weighted by atomic mass is 35.5. The first-order chi connectivity index (χ1) is 16.9. The van der Waals surface area contributed by atoms with Crippen LogP contribution in [0.2, 0.25) is 5.02 Å². The molecule has 0 atom stereocenters. The lowest BCUT2D eigenvalue weighted by molar-refractivity contribution is 0.102. The van der Waals surface area contributed by atoms with Gasteiger partial charge in [-0.15, -0.1) is 0 Å².